The lowest BCUT2D eigenvalue weighted by atomic mass is 10.1. The molecule has 0 saturated heterocycles. The molecule has 1 amide bonds. The molecule has 0 bridgehead atoms. The van der Waals surface area contributed by atoms with Crippen molar-refractivity contribution < 1.29 is 45.0 Å². The molecule has 0 aliphatic heterocycles. The van der Waals surface area contributed by atoms with Crippen LogP contribution in [0.1, 0.15) is 35.7 Å². The lowest BCUT2D eigenvalue weighted by molar-refractivity contribution is -0.137. The van der Waals surface area contributed by atoms with E-state index >= 15 is 8.78 Å². The lowest BCUT2D eigenvalue weighted by Crippen LogP contribution is -2.27. The van der Waals surface area contributed by atoms with E-state index in [0.717, 1.165) is 80.2 Å². The molecule has 9 nitrogen and oxygen atoms in total. The average Bonchev–Trinajstić information content (AvgIpc) is 3.80. The SMILES string of the molecule is COc1cc(F)c(-c2c(NC(=O)c3ccc(OC(F)F)cc3)c(=O)n(-c3nc(NC(C)C4CC4)ccc3C(F)(F)F)n2C)c(F)c1. The van der Waals surface area contributed by atoms with E-state index in [1.165, 1.54) is 0 Å². The maximum atomic E-state index is 15.4. The smallest absolute Gasteiger partial charge is 0.420 e. The summed E-state index contributed by atoms with van der Waals surface area (Å²) in [6, 6.07) is 7.47. The van der Waals surface area contributed by atoms with Gasteiger partial charge in [-0.3, -0.25) is 14.3 Å². The molecule has 0 radical (unpaired) electrons. The normalized spacial score (nSPS) is 13.9. The van der Waals surface area contributed by atoms with Crippen LogP contribution in [0.15, 0.2) is 53.3 Å². The first-order valence-corrected chi connectivity index (χ1v) is 13.8. The predicted octanol–water partition coefficient (Wildman–Crippen LogP) is 6.61. The number of carbonyl (C=O) groups excluding carboxylic acids is 1. The molecule has 1 saturated carbocycles. The number of anilines is 2. The number of halogens is 7. The van der Waals surface area contributed by atoms with Gasteiger partial charge in [0.25, 0.3) is 11.5 Å². The third kappa shape index (κ3) is 6.50. The topological polar surface area (TPSA) is 99.4 Å². The Labute approximate surface area is 256 Å². The fourth-order valence-electron chi connectivity index (χ4n) is 4.97. The molecule has 1 atom stereocenters. The summed E-state index contributed by atoms with van der Waals surface area (Å²) in [7, 11) is 2.22. The molecule has 5 rings (SSSR count). The highest BCUT2D eigenvalue weighted by atomic mass is 19.4. The van der Waals surface area contributed by atoms with Crippen LogP contribution in [0, 0.1) is 17.6 Å². The lowest BCUT2D eigenvalue weighted by Gasteiger charge is -2.19. The number of nitrogens with one attached hydrogen (secondary N) is 2. The molecule has 16 heteroatoms. The maximum absolute atomic E-state index is 15.4. The molecule has 2 aromatic heterocycles. The van der Waals surface area contributed by atoms with Crippen LogP contribution in [-0.2, 0) is 13.2 Å². The summed E-state index contributed by atoms with van der Waals surface area (Å²) in [5, 5.41) is 5.25. The summed E-state index contributed by atoms with van der Waals surface area (Å²) in [5.41, 5.74) is -5.12. The van der Waals surface area contributed by atoms with Crippen LogP contribution in [0.3, 0.4) is 0 Å². The minimum atomic E-state index is -5.02. The third-order valence-corrected chi connectivity index (χ3v) is 7.42. The number of ether oxygens (including phenoxy) is 2. The van der Waals surface area contributed by atoms with E-state index < -0.39 is 64.2 Å². The molecule has 0 spiro atoms. The molecule has 2 aromatic carbocycles. The Morgan fingerprint density at radius 1 is 1.02 bits per heavy atom. The second-order valence-corrected chi connectivity index (χ2v) is 10.5. The van der Waals surface area contributed by atoms with Crippen molar-refractivity contribution in [1.82, 2.24) is 14.3 Å². The first-order chi connectivity index (χ1) is 21.7. The number of nitrogens with zero attached hydrogens (tertiary/aromatic N) is 3. The number of methoxy groups -OCH3 is 1. The van der Waals surface area contributed by atoms with Gasteiger partial charge in [-0.1, -0.05) is 0 Å². The summed E-state index contributed by atoms with van der Waals surface area (Å²) >= 11 is 0. The van der Waals surface area contributed by atoms with Crippen molar-refractivity contribution in [3.8, 4) is 28.6 Å². The van der Waals surface area contributed by atoms with Crippen LogP contribution in [0.2, 0.25) is 0 Å². The third-order valence-electron chi connectivity index (χ3n) is 7.42. The summed E-state index contributed by atoms with van der Waals surface area (Å²) in [6.45, 7) is -1.31. The fourth-order valence-corrected chi connectivity index (χ4v) is 4.97. The van der Waals surface area contributed by atoms with Gasteiger partial charge < -0.3 is 20.1 Å². The predicted molar refractivity (Wildman–Crippen MR) is 153 cm³/mol. The van der Waals surface area contributed by atoms with Crippen LogP contribution in [0.25, 0.3) is 17.1 Å². The van der Waals surface area contributed by atoms with Crippen LogP contribution in [0.5, 0.6) is 11.5 Å². The van der Waals surface area contributed by atoms with E-state index in [0.29, 0.717) is 4.68 Å². The van der Waals surface area contributed by atoms with Crippen molar-refractivity contribution in [1.29, 1.82) is 0 Å². The zero-order valence-electron chi connectivity index (χ0n) is 24.4. The zero-order chi connectivity index (χ0) is 33.5. The summed E-state index contributed by atoms with van der Waals surface area (Å²) < 4.78 is 109. The second-order valence-electron chi connectivity index (χ2n) is 10.5. The fraction of sp³-hybridized carbons (Fsp3) is 0.300. The van der Waals surface area contributed by atoms with E-state index in [2.05, 4.69) is 20.4 Å². The molecule has 2 N–H and O–H groups in total. The Kier molecular flexibility index (Phi) is 8.73. The number of benzene rings is 2. The van der Waals surface area contributed by atoms with E-state index in [9.17, 15) is 31.5 Å². The molecule has 1 unspecified atom stereocenters. The molecule has 244 valence electrons. The minimum Gasteiger partial charge on any atom is -0.497 e. The largest absolute Gasteiger partial charge is 0.497 e. The van der Waals surface area contributed by atoms with Gasteiger partial charge in [-0.25, -0.2) is 13.8 Å². The Balaban J connectivity index is 1.70. The molecule has 1 aliphatic rings. The van der Waals surface area contributed by atoms with Crippen molar-refractivity contribution in [3.63, 3.8) is 0 Å². The van der Waals surface area contributed by atoms with Crippen molar-refractivity contribution in [2.24, 2.45) is 13.0 Å². The van der Waals surface area contributed by atoms with Gasteiger partial charge in [-0.15, -0.1) is 0 Å². The average molecular weight is 654 g/mol. The molecule has 2 heterocycles. The monoisotopic (exact) mass is 653 g/mol. The van der Waals surface area contributed by atoms with E-state index in [-0.39, 0.29) is 34.8 Å². The van der Waals surface area contributed by atoms with Crippen LogP contribution in [0.4, 0.5) is 42.2 Å². The molecule has 4 aromatic rings. The Bertz CT molecular complexity index is 1810. The number of hydrogen-bond donors (Lipinski definition) is 2. The summed E-state index contributed by atoms with van der Waals surface area (Å²) in [6.07, 6.45) is -3.17. The van der Waals surface area contributed by atoms with Gasteiger partial charge >= 0.3 is 12.8 Å². The van der Waals surface area contributed by atoms with Gasteiger partial charge in [0.15, 0.2) is 5.82 Å². The quantitative estimate of drug-likeness (QED) is 0.187. The number of carbonyl (C=O) groups is 1. The van der Waals surface area contributed by atoms with Crippen LogP contribution in [-0.4, -0.2) is 40.0 Å². The highest BCUT2D eigenvalue weighted by Crippen LogP contribution is 2.38. The molecular formula is C30H26F7N5O4. The number of pyridine rings is 1. The van der Waals surface area contributed by atoms with Gasteiger partial charge in [0.2, 0.25) is 0 Å². The molecule has 1 fully saturated rings. The van der Waals surface area contributed by atoms with Crippen molar-refractivity contribution in [2.75, 3.05) is 17.7 Å². The van der Waals surface area contributed by atoms with Gasteiger partial charge in [-0.05, 0) is 62.1 Å². The first-order valence-electron chi connectivity index (χ1n) is 13.8. The summed E-state index contributed by atoms with van der Waals surface area (Å²) in [4.78, 5) is 31.2. The number of hydrogen-bond acceptors (Lipinski definition) is 6. The second kappa shape index (κ2) is 12.4. The Morgan fingerprint density at radius 3 is 2.20 bits per heavy atom. The minimum absolute atomic E-state index is 0.00977. The first kappa shape index (κ1) is 32.4. The Hall–Kier alpha value is -5.02. The number of rotatable bonds is 10. The molecule has 46 heavy (non-hydrogen) atoms. The molecule has 1 aliphatic carbocycles. The van der Waals surface area contributed by atoms with E-state index in [1.807, 2.05) is 6.92 Å². The number of aromatic nitrogens is 3. The van der Waals surface area contributed by atoms with Gasteiger partial charge in [-0.2, -0.15) is 26.6 Å². The van der Waals surface area contributed by atoms with Crippen LogP contribution < -0.4 is 25.7 Å². The number of alkyl halides is 5. The van der Waals surface area contributed by atoms with E-state index in [4.69, 9.17) is 4.74 Å². The highest BCUT2D eigenvalue weighted by Gasteiger charge is 2.38. The molecular weight excluding hydrogens is 627 g/mol. The standard InChI is InChI=1S/C30H26F7N5O4/c1-14(15-4-5-15)38-22-11-10-19(30(35,36)37)26(39-22)42-28(44)24(40-27(43)16-6-8-17(9-7-16)46-29(33)34)25(41(42)2)23-20(31)12-18(45-3)13-21(23)32/h6-15,29H,4-5H2,1-3H3,(H,38,39)(H,40,43). The van der Waals surface area contributed by atoms with Gasteiger partial charge in [0, 0.05) is 30.8 Å². The van der Waals surface area contributed by atoms with Crippen molar-refractivity contribution in [2.45, 2.75) is 38.6 Å². The zero-order valence-corrected chi connectivity index (χ0v) is 24.4. The van der Waals surface area contributed by atoms with Gasteiger partial charge in [0.1, 0.15) is 45.9 Å². The van der Waals surface area contributed by atoms with Crippen molar-refractivity contribution in [3.05, 3.63) is 81.6 Å². The highest BCUT2D eigenvalue weighted by molar-refractivity contribution is 6.06. The summed E-state index contributed by atoms with van der Waals surface area (Å²) in [5.74, 6) is -4.70. The van der Waals surface area contributed by atoms with E-state index in [1.54, 1.807) is 0 Å². The maximum Gasteiger partial charge on any atom is 0.420 e. The Morgan fingerprint density at radius 2 is 1.65 bits per heavy atom. The van der Waals surface area contributed by atoms with Crippen LogP contribution >= 0.6 is 0 Å². The van der Waals surface area contributed by atoms with Gasteiger partial charge in [0.05, 0.1) is 12.7 Å². The number of amides is 1. The van der Waals surface area contributed by atoms with Crippen molar-refractivity contribution >= 4 is 17.4 Å².